The molecule has 0 unspecified atom stereocenters. The molecular formula is C57H34N4O2. The largest absolute Gasteiger partial charge is 0.455 e. The van der Waals surface area contributed by atoms with Gasteiger partial charge in [0.2, 0.25) is 0 Å². The lowest BCUT2D eigenvalue weighted by Crippen LogP contribution is -2.00. The lowest BCUT2D eigenvalue weighted by Gasteiger charge is -2.11. The van der Waals surface area contributed by atoms with Gasteiger partial charge in [-0.3, -0.25) is 0 Å². The van der Waals surface area contributed by atoms with Crippen LogP contribution in [0.5, 0.6) is 0 Å². The zero-order valence-corrected chi connectivity index (χ0v) is 33.7. The van der Waals surface area contributed by atoms with E-state index < -0.39 is 0 Å². The summed E-state index contributed by atoms with van der Waals surface area (Å²) >= 11 is 0. The van der Waals surface area contributed by atoms with Gasteiger partial charge in [-0.15, -0.1) is 0 Å². The minimum absolute atomic E-state index is 0.509. The van der Waals surface area contributed by atoms with Crippen molar-refractivity contribution in [2.75, 3.05) is 0 Å². The lowest BCUT2D eigenvalue weighted by atomic mass is 10.00. The van der Waals surface area contributed by atoms with Crippen LogP contribution in [0.2, 0.25) is 0 Å². The number of furan rings is 2. The third-order valence-electron chi connectivity index (χ3n) is 12.3. The molecule has 0 saturated heterocycles. The second-order valence-electron chi connectivity index (χ2n) is 15.9. The van der Waals surface area contributed by atoms with Crippen molar-refractivity contribution in [3.63, 3.8) is 0 Å². The molecule has 0 aliphatic rings. The quantitative estimate of drug-likeness (QED) is 0.167. The minimum Gasteiger partial charge on any atom is -0.455 e. The van der Waals surface area contributed by atoms with E-state index in [2.05, 4.69) is 168 Å². The van der Waals surface area contributed by atoms with Crippen LogP contribution in [0, 0.1) is 0 Å². The van der Waals surface area contributed by atoms with Crippen LogP contribution < -0.4 is 0 Å². The van der Waals surface area contributed by atoms with Crippen molar-refractivity contribution in [1.29, 1.82) is 0 Å². The zero-order chi connectivity index (χ0) is 41.4. The SMILES string of the molecule is c1ccc(-c2cccc(-c3nc(-c4cccc5c4oc4ccccc45)nc(-c4cccc5c4oc4cc(-c6cccc7c8ccccc8n(-c8ccccc8)c67)ccc45)n3)c2)cc1. The molecule has 0 fully saturated rings. The predicted molar refractivity (Wildman–Crippen MR) is 256 cm³/mol. The molecule has 0 radical (unpaired) electrons. The highest BCUT2D eigenvalue weighted by molar-refractivity contribution is 6.15. The van der Waals surface area contributed by atoms with Crippen LogP contribution in [-0.2, 0) is 0 Å². The number of nitrogens with zero attached hydrogens (tertiary/aromatic N) is 4. The van der Waals surface area contributed by atoms with E-state index in [-0.39, 0.29) is 0 Å². The van der Waals surface area contributed by atoms with E-state index in [0.717, 1.165) is 88.4 Å². The second kappa shape index (κ2) is 14.0. The van der Waals surface area contributed by atoms with Gasteiger partial charge in [-0.2, -0.15) is 0 Å². The molecule has 294 valence electrons. The molecule has 9 aromatic carbocycles. The Hall–Kier alpha value is -8.61. The Kier molecular flexibility index (Phi) is 7.80. The van der Waals surface area contributed by atoms with Crippen LogP contribution in [0.4, 0.5) is 0 Å². The standard InChI is InChI=1S/C57H34N4O2/c1-3-15-35(16-4-1)36-17-11-18-38(33-36)55-58-56(47-27-13-25-45-42-22-8-10-30-50(42)62-53(45)47)60-57(59-55)48-28-14-26-46-43-32-31-37(34-51(43)63-54(46)48)40-23-12-24-44-41-21-7-9-29-49(41)61(52(40)44)39-19-5-2-6-20-39/h1-34H. The van der Waals surface area contributed by atoms with Gasteiger partial charge < -0.3 is 13.4 Å². The Balaban J connectivity index is 1.01. The molecule has 13 aromatic rings. The normalized spacial score (nSPS) is 11.8. The molecule has 0 aliphatic carbocycles. The van der Waals surface area contributed by atoms with Crippen LogP contribution in [0.15, 0.2) is 215 Å². The first-order valence-electron chi connectivity index (χ1n) is 21.1. The molecule has 0 amide bonds. The Morgan fingerprint density at radius 1 is 0.317 bits per heavy atom. The Morgan fingerprint density at radius 3 is 1.62 bits per heavy atom. The number of fused-ring (bicyclic) bond motifs is 9. The van der Waals surface area contributed by atoms with Crippen molar-refractivity contribution in [2.24, 2.45) is 0 Å². The van der Waals surface area contributed by atoms with Gasteiger partial charge in [-0.25, -0.2) is 15.0 Å². The monoisotopic (exact) mass is 806 g/mol. The molecule has 0 bridgehead atoms. The highest BCUT2D eigenvalue weighted by Gasteiger charge is 2.22. The summed E-state index contributed by atoms with van der Waals surface area (Å²) in [6.07, 6.45) is 0. The average molecular weight is 807 g/mol. The van der Waals surface area contributed by atoms with Gasteiger partial charge in [0.1, 0.15) is 22.3 Å². The topological polar surface area (TPSA) is 69.9 Å². The fraction of sp³-hybridized carbons (Fsp3) is 0. The molecule has 0 spiro atoms. The van der Waals surface area contributed by atoms with Gasteiger partial charge in [0.25, 0.3) is 0 Å². The Labute approximate surface area is 361 Å². The van der Waals surface area contributed by atoms with Crippen molar-refractivity contribution in [3.05, 3.63) is 206 Å². The Morgan fingerprint density at radius 2 is 0.857 bits per heavy atom. The third kappa shape index (κ3) is 5.62. The first-order valence-corrected chi connectivity index (χ1v) is 21.1. The number of rotatable bonds is 6. The van der Waals surface area contributed by atoms with E-state index in [0.29, 0.717) is 23.1 Å². The van der Waals surface area contributed by atoms with E-state index in [1.54, 1.807) is 0 Å². The number of hydrogen-bond acceptors (Lipinski definition) is 5. The van der Waals surface area contributed by atoms with Crippen molar-refractivity contribution >= 4 is 65.7 Å². The van der Waals surface area contributed by atoms with E-state index in [4.69, 9.17) is 23.8 Å². The van der Waals surface area contributed by atoms with E-state index in [9.17, 15) is 0 Å². The maximum atomic E-state index is 6.94. The summed E-state index contributed by atoms with van der Waals surface area (Å²) in [4.78, 5) is 15.6. The van der Waals surface area contributed by atoms with Crippen molar-refractivity contribution < 1.29 is 8.83 Å². The van der Waals surface area contributed by atoms with Crippen LogP contribution in [0.3, 0.4) is 0 Å². The maximum absolute atomic E-state index is 6.94. The summed E-state index contributed by atoms with van der Waals surface area (Å²) in [5, 5.41) is 6.47. The summed E-state index contributed by atoms with van der Waals surface area (Å²) in [6.45, 7) is 0. The summed E-state index contributed by atoms with van der Waals surface area (Å²) in [5.74, 6) is 1.58. The van der Waals surface area contributed by atoms with Gasteiger partial charge in [-0.05, 0) is 71.3 Å². The predicted octanol–water partition coefficient (Wildman–Crippen LogP) is 15.1. The minimum atomic E-state index is 0.509. The highest BCUT2D eigenvalue weighted by atomic mass is 16.3. The highest BCUT2D eigenvalue weighted by Crippen LogP contribution is 2.42. The lowest BCUT2D eigenvalue weighted by molar-refractivity contribution is 0.669. The molecule has 4 heterocycles. The number of hydrogen-bond donors (Lipinski definition) is 0. The summed E-state index contributed by atoms with van der Waals surface area (Å²) < 4.78 is 15.8. The first-order chi connectivity index (χ1) is 31.2. The van der Waals surface area contributed by atoms with Crippen LogP contribution in [0.1, 0.15) is 0 Å². The number of benzene rings is 9. The molecule has 0 aliphatic heterocycles. The van der Waals surface area contributed by atoms with E-state index in [1.165, 1.54) is 16.3 Å². The van der Waals surface area contributed by atoms with E-state index in [1.807, 2.05) is 42.5 Å². The van der Waals surface area contributed by atoms with E-state index >= 15 is 0 Å². The first kappa shape index (κ1) is 35.2. The van der Waals surface area contributed by atoms with Gasteiger partial charge in [-0.1, -0.05) is 152 Å². The smallest absolute Gasteiger partial charge is 0.167 e. The molecule has 0 saturated carbocycles. The van der Waals surface area contributed by atoms with Crippen LogP contribution >= 0.6 is 0 Å². The number of para-hydroxylation sites is 6. The molecule has 6 nitrogen and oxygen atoms in total. The molecule has 4 aromatic heterocycles. The zero-order valence-electron chi connectivity index (χ0n) is 33.7. The van der Waals surface area contributed by atoms with Gasteiger partial charge >= 0.3 is 0 Å². The fourth-order valence-corrected chi connectivity index (χ4v) is 9.38. The number of aromatic nitrogens is 4. The molecule has 0 atom stereocenters. The maximum Gasteiger partial charge on any atom is 0.167 e. The average Bonchev–Trinajstić information content (AvgIpc) is 4.04. The van der Waals surface area contributed by atoms with Crippen LogP contribution in [-0.4, -0.2) is 19.5 Å². The fourth-order valence-electron chi connectivity index (χ4n) is 9.38. The summed E-state index contributed by atoms with van der Waals surface area (Å²) in [5.41, 5.74) is 13.3. The van der Waals surface area contributed by atoms with Gasteiger partial charge in [0.05, 0.1) is 22.2 Å². The molecule has 6 heteroatoms. The molecule has 13 rings (SSSR count). The summed E-state index contributed by atoms with van der Waals surface area (Å²) in [6, 6.07) is 71.5. The van der Waals surface area contributed by atoms with Gasteiger partial charge in [0, 0.05) is 49.1 Å². The van der Waals surface area contributed by atoms with Crippen molar-refractivity contribution in [1.82, 2.24) is 19.5 Å². The van der Waals surface area contributed by atoms with Crippen molar-refractivity contribution in [2.45, 2.75) is 0 Å². The second-order valence-corrected chi connectivity index (χ2v) is 15.9. The Bertz CT molecular complexity index is 3920. The molecule has 0 N–H and O–H groups in total. The molecular weight excluding hydrogens is 773 g/mol. The van der Waals surface area contributed by atoms with Gasteiger partial charge in [0.15, 0.2) is 17.5 Å². The third-order valence-corrected chi connectivity index (χ3v) is 12.3. The summed E-state index contributed by atoms with van der Waals surface area (Å²) in [7, 11) is 0. The molecule has 63 heavy (non-hydrogen) atoms. The van der Waals surface area contributed by atoms with Crippen LogP contribution in [0.25, 0.3) is 128 Å². The van der Waals surface area contributed by atoms with Crippen molar-refractivity contribution in [3.8, 4) is 62.1 Å².